The number of nitrogens with zero attached hydrogens (tertiary/aromatic N) is 4. The van der Waals surface area contributed by atoms with Crippen LogP contribution in [0.1, 0.15) is 11.4 Å². The van der Waals surface area contributed by atoms with Gasteiger partial charge in [0.1, 0.15) is 0 Å². The van der Waals surface area contributed by atoms with Crippen molar-refractivity contribution >= 4 is 20.9 Å². The van der Waals surface area contributed by atoms with Gasteiger partial charge in [0.2, 0.25) is 10.0 Å². The van der Waals surface area contributed by atoms with Crippen LogP contribution < -0.4 is 11.2 Å². The van der Waals surface area contributed by atoms with Gasteiger partial charge in [-0.1, -0.05) is 0 Å². The zero-order valence-electron chi connectivity index (χ0n) is 14.3. The number of sulfonamides is 1. The van der Waals surface area contributed by atoms with Gasteiger partial charge in [-0.25, -0.2) is 18.2 Å². The summed E-state index contributed by atoms with van der Waals surface area (Å²) in [6.45, 7) is 0.532. The lowest BCUT2D eigenvalue weighted by Crippen LogP contribution is -2.38. The average Bonchev–Trinajstić information content (AvgIpc) is 3.12. The lowest BCUT2D eigenvalue weighted by Gasteiger charge is -2.25. The van der Waals surface area contributed by atoms with E-state index >= 15 is 0 Å². The molecule has 0 saturated heterocycles. The van der Waals surface area contributed by atoms with Crippen LogP contribution in [0.15, 0.2) is 39.0 Å². The molecule has 0 aliphatic carbocycles. The van der Waals surface area contributed by atoms with Gasteiger partial charge in [-0.2, -0.15) is 4.31 Å². The fraction of sp³-hybridized carbons (Fsp3) is 0.312. The Morgan fingerprint density at radius 3 is 2.69 bits per heavy atom. The normalized spacial score (nSPS) is 15.3. The molecule has 0 fully saturated rings. The molecule has 9 nitrogen and oxygen atoms in total. The van der Waals surface area contributed by atoms with Gasteiger partial charge < -0.3 is 4.98 Å². The molecule has 4 rings (SSSR count). The zero-order chi connectivity index (χ0) is 18.6. The Bertz CT molecular complexity index is 1250. The van der Waals surface area contributed by atoms with Crippen LogP contribution in [0.3, 0.4) is 0 Å². The van der Waals surface area contributed by atoms with Gasteiger partial charge in [-0.3, -0.25) is 13.9 Å². The first-order valence-electron chi connectivity index (χ1n) is 8.02. The number of aromatic amines is 1. The number of fused-ring (bicyclic) bond motifs is 2. The van der Waals surface area contributed by atoms with Crippen molar-refractivity contribution in [1.82, 2.24) is 23.4 Å². The summed E-state index contributed by atoms with van der Waals surface area (Å²) >= 11 is 0. The van der Waals surface area contributed by atoms with Gasteiger partial charge in [0.25, 0.3) is 5.56 Å². The summed E-state index contributed by atoms with van der Waals surface area (Å²) in [5.74, 6) is 0. The number of aromatic nitrogens is 4. The molecule has 26 heavy (non-hydrogen) atoms. The highest BCUT2D eigenvalue weighted by molar-refractivity contribution is 7.89. The molecule has 3 aromatic rings. The maximum atomic E-state index is 13.0. The molecule has 136 valence electrons. The maximum Gasteiger partial charge on any atom is 0.330 e. The summed E-state index contributed by atoms with van der Waals surface area (Å²) in [4.78, 5) is 31.6. The van der Waals surface area contributed by atoms with E-state index in [9.17, 15) is 18.0 Å². The molecule has 1 N–H and O–H groups in total. The lowest BCUT2D eigenvalue weighted by atomic mass is 10.2. The summed E-state index contributed by atoms with van der Waals surface area (Å²) in [7, 11) is -0.862. The molecule has 0 unspecified atom stereocenters. The molecule has 0 spiro atoms. The largest absolute Gasteiger partial charge is 0.347 e. The highest BCUT2D eigenvalue weighted by Crippen LogP contribution is 2.24. The third-order valence-electron chi connectivity index (χ3n) is 4.82. The van der Waals surface area contributed by atoms with Crippen molar-refractivity contribution in [3.8, 4) is 0 Å². The quantitative estimate of drug-likeness (QED) is 0.662. The lowest BCUT2D eigenvalue weighted by molar-refractivity contribution is 0.385. The van der Waals surface area contributed by atoms with Crippen LogP contribution >= 0.6 is 0 Å². The SMILES string of the molecule is Cn1c(=O)c2cc(S(=O)(=O)N3CCc4nc[nH]c4C3)ccc2n(C)c1=O. The van der Waals surface area contributed by atoms with E-state index in [1.807, 2.05) is 0 Å². The Hall–Kier alpha value is -2.72. The fourth-order valence-corrected chi connectivity index (χ4v) is 4.71. The third kappa shape index (κ3) is 2.33. The van der Waals surface area contributed by atoms with E-state index in [2.05, 4.69) is 9.97 Å². The number of rotatable bonds is 2. The Labute approximate surface area is 148 Å². The molecular formula is C16H17N5O4S. The Balaban J connectivity index is 1.84. The van der Waals surface area contributed by atoms with E-state index in [1.54, 1.807) is 13.4 Å². The molecule has 1 aliphatic rings. The second-order valence-corrected chi connectivity index (χ2v) is 8.24. The van der Waals surface area contributed by atoms with Crippen molar-refractivity contribution in [2.45, 2.75) is 17.9 Å². The van der Waals surface area contributed by atoms with Crippen molar-refractivity contribution in [3.05, 3.63) is 56.8 Å². The van der Waals surface area contributed by atoms with Crippen LogP contribution in [-0.2, 0) is 37.1 Å². The highest BCUT2D eigenvalue weighted by atomic mass is 32.2. The van der Waals surface area contributed by atoms with E-state index in [4.69, 9.17) is 0 Å². The van der Waals surface area contributed by atoms with Gasteiger partial charge in [0.05, 0.1) is 40.1 Å². The molecule has 0 bridgehead atoms. The van der Waals surface area contributed by atoms with Crippen molar-refractivity contribution in [2.75, 3.05) is 6.54 Å². The third-order valence-corrected chi connectivity index (χ3v) is 6.66. The summed E-state index contributed by atoms with van der Waals surface area (Å²) in [5, 5.41) is 0.190. The van der Waals surface area contributed by atoms with Gasteiger partial charge in [-0.15, -0.1) is 0 Å². The van der Waals surface area contributed by atoms with Gasteiger partial charge in [-0.05, 0) is 18.2 Å². The number of benzene rings is 1. The second kappa shape index (κ2) is 5.64. The van der Waals surface area contributed by atoms with Crippen molar-refractivity contribution in [2.24, 2.45) is 14.1 Å². The number of hydrogen-bond acceptors (Lipinski definition) is 5. The van der Waals surface area contributed by atoms with Gasteiger partial charge in [0, 0.05) is 27.1 Å². The fourth-order valence-electron chi connectivity index (χ4n) is 3.28. The molecule has 0 atom stereocenters. The minimum atomic E-state index is -3.78. The molecule has 10 heteroatoms. The Morgan fingerprint density at radius 2 is 1.92 bits per heavy atom. The van der Waals surface area contributed by atoms with Crippen molar-refractivity contribution in [1.29, 1.82) is 0 Å². The minimum Gasteiger partial charge on any atom is -0.347 e. The maximum absolute atomic E-state index is 13.0. The van der Waals surface area contributed by atoms with E-state index in [-0.39, 0.29) is 16.8 Å². The van der Waals surface area contributed by atoms with E-state index in [0.29, 0.717) is 18.5 Å². The first-order valence-corrected chi connectivity index (χ1v) is 9.46. The van der Waals surface area contributed by atoms with Crippen LogP contribution in [0.5, 0.6) is 0 Å². The van der Waals surface area contributed by atoms with Crippen molar-refractivity contribution in [3.63, 3.8) is 0 Å². The predicted octanol–water partition coefficient (Wildman–Crippen LogP) is -0.293. The Kier molecular flexibility index (Phi) is 3.63. The van der Waals surface area contributed by atoms with Crippen LogP contribution in [-0.4, -0.2) is 38.4 Å². The first kappa shape index (κ1) is 16.7. The molecule has 0 saturated carbocycles. The van der Waals surface area contributed by atoms with E-state index < -0.39 is 21.3 Å². The van der Waals surface area contributed by atoms with Gasteiger partial charge in [0.15, 0.2) is 0 Å². The molecule has 2 aromatic heterocycles. The van der Waals surface area contributed by atoms with E-state index in [0.717, 1.165) is 16.0 Å². The second-order valence-electron chi connectivity index (χ2n) is 6.30. The summed E-state index contributed by atoms with van der Waals surface area (Å²) < 4.78 is 29.7. The topological polar surface area (TPSA) is 110 Å². The number of nitrogens with one attached hydrogen (secondary N) is 1. The standard InChI is InChI=1S/C16H17N5O4S/c1-19-14-4-3-10(7-11(14)15(22)20(2)16(19)23)26(24,25)21-6-5-12-13(8-21)18-9-17-12/h3-4,7,9H,5-6,8H2,1-2H3,(H,17,18). The molecule has 0 amide bonds. The first-order chi connectivity index (χ1) is 12.3. The molecule has 3 heterocycles. The number of aryl methyl sites for hydroxylation is 1. The van der Waals surface area contributed by atoms with Gasteiger partial charge >= 0.3 is 5.69 Å². The average molecular weight is 375 g/mol. The molecule has 0 radical (unpaired) electrons. The smallest absolute Gasteiger partial charge is 0.330 e. The summed E-state index contributed by atoms with van der Waals surface area (Å²) in [6, 6.07) is 4.27. The minimum absolute atomic E-state index is 0.0312. The van der Waals surface area contributed by atoms with Crippen LogP contribution in [0.2, 0.25) is 0 Å². The molecular weight excluding hydrogens is 358 g/mol. The monoisotopic (exact) mass is 375 g/mol. The van der Waals surface area contributed by atoms with Crippen molar-refractivity contribution < 1.29 is 8.42 Å². The van der Waals surface area contributed by atoms with Crippen LogP contribution in [0.4, 0.5) is 0 Å². The number of H-pyrrole nitrogens is 1. The highest BCUT2D eigenvalue weighted by Gasteiger charge is 2.30. The van der Waals surface area contributed by atoms with Crippen LogP contribution in [0, 0.1) is 0 Å². The summed E-state index contributed by atoms with van der Waals surface area (Å²) in [6.07, 6.45) is 2.09. The summed E-state index contributed by atoms with van der Waals surface area (Å²) in [5.41, 5.74) is 1.07. The zero-order valence-corrected chi connectivity index (χ0v) is 15.1. The number of hydrogen-bond donors (Lipinski definition) is 1. The van der Waals surface area contributed by atoms with E-state index in [1.165, 1.54) is 34.1 Å². The molecule has 1 aliphatic heterocycles. The predicted molar refractivity (Wildman–Crippen MR) is 94.3 cm³/mol. The van der Waals surface area contributed by atoms with Crippen LogP contribution in [0.25, 0.3) is 10.9 Å². The Morgan fingerprint density at radius 1 is 1.15 bits per heavy atom. The molecule has 1 aromatic carbocycles. The number of imidazole rings is 1.